The number of aliphatic hydroxyl groups is 1. The van der Waals surface area contributed by atoms with E-state index in [2.05, 4.69) is 16.8 Å². The van der Waals surface area contributed by atoms with Crippen LogP contribution in [0, 0.1) is 0 Å². The zero-order valence-electron chi connectivity index (χ0n) is 15.5. The Balaban J connectivity index is 2.08. The molecule has 0 aromatic heterocycles. The molecule has 1 aliphatic rings. The number of carbonyl (C=O) groups excluding carboxylic acids is 1. The molecule has 0 saturated carbocycles. The molecule has 1 heterocycles. The minimum atomic E-state index is -0.945. The molecule has 1 N–H and O–H groups in total. The normalized spacial score (nSPS) is 17.3. The zero-order chi connectivity index (χ0) is 19.2. The highest BCUT2D eigenvalue weighted by atomic mass is 16.6. The van der Waals surface area contributed by atoms with E-state index in [0.717, 1.165) is 30.5 Å². The topological polar surface area (TPSA) is 71.2 Å². The molecule has 2 aromatic carbocycles. The molecule has 27 heavy (non-hydrogen) atoms. The van der Waals surface area contributed by atoms with Gasteiger partial charge in [-0.3, -0.25) is 4.79 Å². The van der Waals surface area contributed by atoms with Crippen molar-refractivity contribution in [1.82, 2.24) is 0 Å². The van der Waals surface area contributed by atoms with Crippen LogP contribution in [0.15, 0.2) is 64.8 Å². The van der Waals surface area contributed by atoms with Crippen LogP contribution in [-0.4, -0.2) is 17.2 Å². The number of benzene rings is 2. The zero-order valence-corrected chi connectivity index (χ0v) is 15.5. The summed E-state index contributed by atoms with van der Waals surface area (Å²) in [6.45, 7) is 5.42. The van der Waals surface area contributed by atoms with Gasteiger partial charge in [0.15, 0.2) is 12.1 Å². The van der Waals surface area contributed by atoms with Crippen LogP contribution in [0.3, 0.4) is 0 Å². The van der Waals surface area contributed by atoms with Gasteiger partial charge in [0.25, 0.3) is 0 Å². The number of carbonyl (C=O) groups is 1. The molecule has 0 fully saturated rings. The monoisotopic (exact) mass is 364 g/mol. The van der Waals surface area contributed by atoms with Gasteiger partial charge in [-0.05, 0) is 56.0 Å². The Morgan fingerprint density at radius 2 is 1.89 bits per heavy atom. The summed E-state index contributed by atoms with van der Waals surface area (Å²) in [6.07, 6.45) is 3.09. The molecule has 1 aliphatic heterocycles. The summed E-state index contributed by atoms with van der Waals surface area (Å²) in [4.78, 5) is 12.6. The summed E-state index contributed by atoms with van der Waals surface area (Å²) in [5, 5.41) is 18.9. The maximum absolute atomic E-state index is 12.6. The van der Waals surface area contributed by atoms with Crippen molar-refractivity contribution in [3.05, 3.63) is 65.7 Å². The third-order valence-corrected chi connectivity index (χ3v) is 4.53. The number of Topliss-reactive ketones (excluding diaryl/α,β-unsaturated/α-hetero) is 1. The maximum Gasteiger partial charge on any atom is 0.197 e. The average Bonchev–Trinajstić information content (AvgIpc) is 2.76. The number of rotatable bonds is 4. The molecule has 0 radical (unpaired) electrons. The standard InChI is InChI=1S/C22H24N2O3/c1-15(2)21(26)18-13-14-19(24-23-16-9-5-3-6-10-16)17-11-7-4-8-12-20(25)27-22(17)18/h3,5-6,9-10,13-14,20,25H,1,4,7-8,11-12H2,2H3. The van der Waals surface area contributed by atoms with Crippen LogP contribution in [0.5, 0.6) is 5.75 Å². The average molecular weight is 364 g/mol. The predicted molar refractivity (Wildman–Crippen MR) is 105 cm³/mol. The molecular weight excluding hydrogens is 340 g/mol. The van der Waals surface area contributed by atoms with Crippen LogP contribution in [0.25, 0.3) is 0 Å². The van der Waals surface area contributed by atoms with Crippen molar-refractivity contribution in [3.8, 4) is 5.75 Å². The summed E-state index contributed by atoms with van der Waals surface area (Å²) < 4.78 is 5.80. The number of allylic oxidation sites excluding steroid dienone is 1. The second kappa shape index (κ2) is 8.73. The van der Waals surface area contributed by atoms with Gasteiger partial charge in [0.2, 0.25) is 0 Å². The lowest BCUT2D eigenvalue weighted by atomic mass is 9.97. The lowest BCUT2D eigenvalue weighted by Gasteiger charge is -2.19. The van der Waals surface area contributed by atoms with Crippen molar-refractivity contribution in [1.29, 1.82) is 0 Å². The van der Waals surface area contributed by atoms with E-state index in [1.165, 1.54) is 0 Å². The van der Waals surface area contributed by atoms with Gasteiger partial charge in [0, 0.05) is 12.0 Å². The first kappa shape index (κ1) is 19.0. The largest absolute Gasteiger partial charge is 0.464 e. The molecule has 140 valence electrons. The van der Waals surface area contributed by atoms with E-state index in [-0.39, 0.29) is 5.78 Å². The number of nitrogens with zero attached hydrogens (tertiary/aromatic N) is 2. The highest BCUT2D eigenvalue weighted by Crippen LogP contribution is 2.37. The first-order valence-electron chi connectivity index (χ1n) is 9.24. The lowest BCUT2D eigenvalue weighted by Crippen LogP contribution is -2.18. The van der Waals surface area contributed by atoms with Crippen LogP contribution in [0.2, 0.25) is 0 Å². The number of ether oxygens (including phenoxy) is 1. The van der Waals surface area contributed by atoms with Crippen molar-refractivity contribution >= 4 is 17.2 Å². The van der Waals surface area contributed by atoms with Crippen molar-refractivity contribution in [2.75, 3.05) is 0 Å². The quantitative estimate of drug-likeness (QED) is 0.431. The summed E-state index contributed by atoms with van der Waals surface area (Å²) in [5.74, 6) is 0.214. The fourth-order valence-corrected chi connectivity index (χ4v) is 3.09. The summed E-state index contributed by atoms with van der Waals surface area (Å²) in [7, 11) is 0. The molecule has 0 amide bonds. The Morgan fingerprint density at radius 3 is 2.63 bits per heavy atom. The van der Waals surface area contributed by atoms with E-state index in [1.54, 1.807) is 19.1 Å². The van der Waals surface area contributed by atoms with E-state index in [0.29, 0.717) is 35.4 Å². The van der Waals surface area contributed by atoms with Gasteiger partial charge in [-0.2, -0.15) is 10.2 Å². The fourth-order valence-electron chi connectivity index (χ4n) is 3.09. The van der Waals surface area contributed by atoms with Crippen LogP contribution < -0.4 is 4.74 Å². The van der Waals surface area contributed by atoms with Crippen LogP contribution in [0.4, 0.5) is 11.4 Å². The molecule has 0 saturated heterocycles. The molecule has 5 nitrogen and oxygen atoms in total. The van der Waals surface area contributed by atoms with E-state index >= 15 is 0 Å². The van der Waals surface area contributed by atoms with E-state index in [9.17, 15) is 9.90 Å². The highest BCUT2D eigenvalue weighted by Gasteiger charge is 2.23. The minimum Gasteiger partial charge on any atom is -0.464 e. The van der Waals surface area contributed by atoms with Gasteiger partial charge in [0.05, 0.1) is 16.9 Å². The van der Waals surface area contributed by atoms with Crippen LogP contribution >= 0.6 is 0 Å². The van der Waals surface area contributed by atoms with Gasteiger partial charge < -0.3 is 9.84 Å². The predicted octanol–water partition coefficient (Wildman–Crippen LogP) is 5.67. The van der Waals surface area contributed by atoms with Gasteiger partial charge in [-0.25, -0.2) is 0 Å². The number of aliphatic hydroxyl groups excluding tert-OH is 1. The lowest BCUT2D eigenvalue weighted by molar-refractivity contribution is -0.0245. The highest BCUT2D eigenvalue weighted by molar-refractivity contribution is 6.10. The number of azo groups is 1. The Morgan fingerprint density at radius 1 is 1.11 bits per heavy atom. The van der Waals surface area contributed by atoms with Crippen molar-refractivity contribution in [2.24, 2.45) is 10.2 Å². The maximum atomic E-state index is 12.6. The Kier molecular flexibility index (Phi) is 6.14. The fraction of sp³-hybridized carbons (Fsp3) is 0.318. The van der Waals surface area contributed by atoms with Crippen molar-refractivity contribution in [3.63, 3.8) is 0 Å². The van der Waals surface area contributed by atoms with Crippen LogP contribution in [-0.2, 0) is 6.42 Å². The summed E-state index contributed by atoms with van der Waals surface area (Å²) in [5.41, 5.74) is 3.05. The van der Waals surface area contributed by atoms with Crippen molar-refractivity contribution < 1.29 is 14.6 Å². The van der Waals surface area contributed by atoms with E-state index in [1.807, 2.05) is 30.3 Å². The third kappa shape index (κ3) is 4.68. The van der Waals surface area contributed by atoms with E-state index < -0.39 is 6.29 Å². The molecule has 0 bridgehead atoms. The summed E-state index contributed by atoms with van der Waals surface area (Å²) in [6, 6.07) is 12.9. The number of ketones is 1. The molecule has 2 aromatic rings. The van der Waals surface area contributed by atoms with Gasteiger partial charge in [-0.15, -0.1) is 0 Å². The number of hydrogen-bond donors (Lipinski definition) is 1. The molecule has 3 rings (SSSR count). The molecular formula is C22H24N2O3. The molecule has 0 spiro atoms. The summed E-state index contributed by atoms with van der Waals surface area (Å²) >= 11 is 0. The molecule has 0 aliphatic carbocycles. The number of fused-ring (bicyclic) bond motifs is 1. The Labute approximate surface area is 159 Å². The van der Waals surface area contributed by atoms with Gasteiger partial charge >= 0.3 is 0 Å². The smallest absolute Gasteiger partial charge is 0.197 e. The van der Waals surface area contributed by atoms with E-state index in [4.69, 9.17) is 4.74 Å². The van der Waals surface area contributed by atoms with Crippen LogP contribution in [0.1, 0.15) is 48.5 Å². The first-order valence-corrected chi connectivity index (χ1v) is 9.24. The number of hydrogen-bond acceptors (Lipinski definition) is 5. The van der Waals surface area contributed by atoms with Gasteiger partial charge in [0.1, 0.15) is 5.75 Å². The second-order valence-electron chi connectivity index (χ2n) is 6.76. The minimum absolute atomic E-state index is 0.191. The van der Waals surface area contributed by atoms with Crippen molar-refractivity contribution in [2.45, 2.75) is 45.3 Å². The Bertz CT molecular complexity index is 859. The second-order valence-corrected chi connectivity index (χ2v) is 6.76. The third-order valence-electron chi connectivity index (χ3n) is 4.53. The van der Waals surface area contributed by atoms with Gasteiger partial charge in [-0.1, -0.05) is 31.2 Å². The Hall–Kier alpha value is -2.79. The molecule has 1 atom stereocenters. The molecule has 5 heteroatoms. The molecule has 1 unspecified atom stereocenters. The SMILES string of the molecule is C=C(C)C(=O)c1ccc(N=Nc2ccccc2)c2c1OC(O)CCCCC2. The first-order chi connectivity index (χ1) is 13.1.